The van der Waals surface area contributed by atoms with Gasteiger partial charge in [0, 0.05) is 12.2 Å². The molecule has 0 unspecified atom stereocenters. The molecule has 4 nitrogen and oxygen atoms in total. The summed E-state index contributed by atoms with van der Waals surface area (Å²) in [7, 11) is 0. The van der Waals surface area contributed by atoms with Crippen LogP contribution < -0.4 is 4.74 Å². The summed E-state index contributed by atoms with van der Waals surface area (Å²) in [5.74, 6) is -15.7. The molecule has 0 saturated heterocycles. The fraction of sp³-hybridized carbons (Fsp3) is 0.231. The number of ether oxygens (including phenoxy) is 2. The smallest absolute Gasteiger partial charge is 0.336 e. The van der Waals surface area contributed by atoms with Crippen LogP contribution in [0.4, 0.5) is 22.0 Å². The summed E-state index contributed by atoms with van der Waals surface area (Å²) >= 11 is 0. The third kappa shape index (κ3) is 4.03. The first kappa shape index (κ1) is 17.6. The summed E-state index contributed by atoms with van der Waals surface area (Å²) < 4.78 is 73.5. The molecule has 0 aliphatic carbocycles. The number of rotatable bonds is 5. The van der Waals surface area contributed by atoms with Crippen LogP contribution >= 0.6 is 0 Å². The Labute approximate surface area is 121 Å². The van der Waals surface area contributed by atoms with E-state index in [0.29, 0.717) is 18.6 Å². The van der Waals surface area contributed by atoms with Gasteiger partial charge in [0.25, 0.3) is 0 Å². The van der Waals surface area contributed by atoms with E-state index in [0.717, 1.165) is 0 Å². The molecule has 1 aromatic rings. The molecule has 0 spiro atoms. The van der Waals surface area contributed by atoms with Gasteiger partial charge < -0.3 is 9.47 Å². The minimum Gasteiger partial charge on any atom is -0.463 e. The molecule has 0 radical (unpaired) electrons. The molecule has 9 heteroatoms. The number of carbonyl (C=O) groups is 2. The Kier molecular flexibility index (Phi) is 6.02. The van der Waals surface area contributed by atoms with Crippen LogP contribution in [0, 0.1) is 29.1 Å². The van der Waals surface area contributed by atoms with Gasteiger partial charge in [0.05, 0.1) is 6.61 Å². The van der Waals surface area contributed by atoms with Crippen molar-refractivity contribution >= 4 is 11.9 Å². The molecule has 0 heterocycles. The van der Waals surface area contributed by atoms with Gasteiger partial charge in [-0.25, -0.2) is 22.8 Å². The third-order valence-corrected chi connectivity index (χ3v) is 2.18. The maximum atomic E-state index is 13.2. The predicted molar refractivity (Wildman–Crippen MR) is 62.3 cm³/mol. The van der Waals surface area contributed by atoms with Gasteiger partial charge in [-0.1, -0.05) is 6.92 Å². The highest BCUT2D eigenvalue weighted by Gasteiger charge is 2.28. The van der Waals surface area contributed by atoms with E-state index in [9.17, 15) is 31.5 Å². The van der Waals surface area contributed by atoms with Crippen LogP contribution in [0.2, 0.25) is 0 Å². The Balaban J connectivity index is 2.90. The topological polar surface area (TPSA) is 52.6 Å². The summed E-state index contributed by atoms with van der Waals surface area (Å²) in [5.41, 5.74) is 0. The Bertz CT molecular complexity index is 598. The van der Waals surface area contributed by atoms with E-state index in [1.807, 2.05) is 0 Å². The van der Waals surface area contributed by atoms with Crippen LogP contribution in [0.15, 0.2) is 12.2 Å². The van der Waals surface area contributed by atoms with Gasteiger partial charge in [-0.05, 0) is 6.42 Å². The van der Waals surface area contributed by atoms with E-state index >= 15 is 0 Å². The van der Waals surface area contributed by atoms with Crippen molar-refractivity contribution < 1.29 is 41.0 Å². The van der Waals surface area contributed by atoms with E-state index in [-0.39, 0.29) is 6.61 Å². The van der Waals surface area contributed by atoms with E-state index in [1.54, 1.807) is 6.92 Å². The van der Waals surface area contributed by atoms with Crippen molar-refractivity contribution in [1.82, 2.24) is 0 Å². The lowest BCUT2D eigenvalue weighted by Gasteiger charge is -2.07. The molecule has 0 amide bonds. The molecule has 0 aliphatic heterocycles. The van der Waals surface area contributed by atoms with Crippen molar-refractivity contribution in [2.75, 3.05) is 6.61 Å². The summed E-state index contributed by atoms with van der Waals surface area (Å²) in [6, 6.07) is 0. The lowest BCUT2D eigenvalue weighted by molar-refractivity contribution is -0.138. The summed E-state index contributed by atoms with van der Waals surface area (Å²) in [4.78, 5) is 22.2. The first-order valence-corrected chi connectivity index (χ1v) is 5.87. The van der Waals surface area contributed by atoms with Crippen LogP contribution in [-0.2, 0) is 14.3 Å². The fourth-order valence-corrected chi connectivity index (χ4v) is 1.20. The summed E-state index contributed by atoms with van der Waals surface area (Å²) in [6.07, 6.45) is 1.54. The zero-order chi connectivity index (χ0) is 16.9. The molecule has 1 rings (SSSR count). The average Bonchev–Trinajstić information content (AvgIpc) is 2.51. The second-order valence-corrected chi connectivity index (χ2v) is 3.82. The van der Waals surface area contributed by atoms with Crippen LogP contribution in [-0.4, -0.2) is 18.5 Å². The van der Waals surface area contributed by atoms with Gasteiger partial charge in [0.2, 0.25) is 34.8 Å². The standard InChI is InChI=1S/C13H9F5O4/c1-2-5-21-6(19)3-4-7(20)22-13-11(17)9(15)8(14)10(16)12(13)18/h3-4H,2,5H2,1H3/b4-3+. The molecule has 120 valence electrons. The highest BCUT2D eigenvalue weighted by atomic mass is 19.2. The first-order chi connectivity index (χ1) is 10.3. The van der Waals surface area contributed by atoms with Crippen LogP contribution in [0.3, 0.4) is 0 Å². The molecule has 0 N–H and O–H groups in total. The van der Waals surface area contributed by atoms with Gasteiger partial charge in [-0.15, -0.1) is 0 Å². The molecule has 0 aromatic heterocycles. The number of benzene rings is 1. The molecule has 22 heavy (non-hydrogen) atoms. The largest absolute Gasteiger partial charge is 0.463 e. The van der Waals surface area contributed by atoms with E-state index in [1.165, 1.54) is 0 Å². The monoisotopic (exact) mass is 324 g/mol. The van der Waals surface area contributed by atoms with Gasteiger partial charge in [0.1, 0.15) is 0 Å². The van der Waals surface area contributed by atoms with E-state index < -0.39 is 46.8 Å². The molecule has 0 saturated carbocycles. The Morgan fingerprint density at radius 3 is 1.82 bits per heavy atom. The maximum absolute atomic E-state index is 13.2. The van der Waals surface area contributed by atoms with Gasteiger partial charge in [-0.3, -0.25) is 0 Å². The Morgan fingerprint density at radius 1 is 0.864 bits per heavy atom. The lowest BCUT2D eigenvalue weighted by Crippen LogP contribution is -2.12. The van der Waals surface area contributed by atoms with Gasteiger partial charge in [0.15, 0.2) is 0 Å². The molecular weight excluding hydrogens is 315 g/mol. The third-order valence-electron chi connectivity index (χ3n) is 2.18. The Morgan fingerprint density at radius 2 is 1.32 bits per heavy atom. The maximum Gasteiger partial charge on any atom is 0.336 e. The van der Waals surface area contributed by atoms with Crippen molar-refractivity contribution in [2.24, 2.45) is 0 Å². The lowest BCUT2D eigenvalue weighted by atomic mass is 10.2. The summed E-state index contributed by atoms with van der Waals surface area (Å²) in [6.45, 7) is 1.80. The van der Waals surface area contributed by atoms with Crippen molar-refractivity contribution in [3.63, 3.8) is 0 Å². The van der Waals surface area contributed by atoms with Crippen LogP contribution in [0.1, 0.15) is 13.3 Å². The number of hydrogen-bond donors (Lipinski definition) is 0. The Hall–Kier alpha value is -2.45. The predicted octanol–water partition coefficient (Wildman–Crippen LogP) is 2.80. The molecule has 0 bridgehead atoms. The quantitative estimate of drug-likeness (QED) is 0.209. The zero-order valence-corrected chi connectivity index (χ0v) is 11.1. The molecule has 0 aliphatic rings. The van der Waals surface area contributed by atoms with E-state index in [2.05, 4.69) is 9.47 Å². The second kappa shape index (κ2) is 7.53. The van der Waals surface area contributed by atoms with Crippen molar-refractivity contribution in [2.45, 2.75) is 13.3 Å². The highest BCUT2D eigenvalue weighted by Crippen LogP contribution is 2.29. The minimum atomic E-state index is -2.38. The number of hydrogen-bond acceptors (Lipinski definition) is 4. The van der Waals surface area contributed by atoms with Crippen molar-refractivity contribution in [3.05, 3.63) is 41.2 Å². The van der Waals surface area contributed by atoms with Crippen LogP contribution in [0.5, 0.6) is 5.75 Å². The average molecular weight is 324 g/mol. The SMILES string of the molecule is CCCOC(=O)/C=C/C(=O)Oc1c(F)c(F)c(F)c(F)c1F. The number of carbonyl (C=O) groups excluding carboxylic acids is 2. The second-order valence-electron chi connectivity index (χ2n) is 3.82. The number of halogens is 5. The minimum absolute atomic E-state index is 0.0792. The van der Waals surface area contributed by atoms with Gasteiger partial charge in [-0.2, -0.15) is 8.78 Å². The van der Waals surface area contributed by atoms with Crippen molar-refractivity contribution in [1.29, 1.82) is 0 Å². The van der Waals surface area contributed by atoms with E-state index in [4.69, 9.17) is 0 Å². The fourth-order valence-electron chi connectivity index (χ4n) is 1.20. The molecule has 0 fully saturated rings. The molecular formula is C13H9F5O4. The molecule has 0 atom stereocenters. The highest BCUT2D eigenvalue weighted by molar-refractivity contribution is 5.92. The van der Waals surface area contributed by atoms with Gasteiger partial charge >= 0.3 is 11.9 Å². The van der Waals surface area contributed by atoms with Crippen molar-refractivity contribution in [3.8, 4) is 5.75 Å². The molecule has 1 aromatic carbocycles. The zero-order valence-electron chi connectivity index (χ0n) is 11.1. The number of esters is 2. The van der Waals surface area contributed by atoms with Crippen LogP contribution in [0.25, 0.3) is 0 Å². The normalized spacial score (nSPS) is 10.8. The summed E-state index contributed by atoms with van der Waals surface area (Å²) in [5, 5.41) is 0. The first-order valence-electron chi connectivity index (χ1n) is 5.87.